The molecule has 408 valence electrons. The minimum Gasteiger partial charge on any atom is -0.508 e. The summed E-state index contributed by atoms with van der Waals surface area (Å²) in [6, 6.07) is 24.0. The first-order valence-corrected chi connectivity index (χ1v) is 23.9. The van der Waals surface area contributed by atoms with E-state index in [0.717, 1.165) is 29.8 Å². The minimum atomic E-state index is -0.751. The lowest BCUT2D eigenvalue weighted by Gasteiger charge is -2.31. The van der Waals surface area contributed by atoms with Crippen LogP contribution in [0.25, 0.3) is 11.0 Å². The summed E-state index contributed by atoms with van der Waals surface area (Å²) in [5.41, 5.74) is 2.12. The number of carbonyl (C=O) groups is 3. The van der Waals surface area contributed by atoms with Gasteiger partial charge in [0.1, 0.15) is 126 Å². The van der Waals surface area contributed by atoms with Crippen LogP contribution in [0.4, 0.5) is 0 Å². The van der Waals surface area contributed by atoms with Crippen molar-refractivity contribution in [3.8, 4) is 92.0 Å². The smallest absolute Gasteiger partial charge is 0.199 e. The number of aromatic hydroxyl groups is 13. The average Bonchev–Trinajstić information content (AvgIpc) is 3.37. The number of fused-ring (bicyclic) bond motifs is 4. The van der Waals surface area contributed by atoms with Crippen LogP contribution in [0.2, 0.25) is 0 Å². The fourth-order valence-corrected chi connectivity index (χ4v) is 9.14. The molecule has 4 heterocycles. The van der Waals surface area contributed by atoms with Gasteiger partial charge in [0.15, 0.2) is 34.3 Å². The van der Waals surface area contributed by atoms with Crippen LogP contribution in [0.3, 0.4) is 0 Å². The Morgan fingerprint density at radius 3 is 1.18 bits per heavy atom. The lowest BCUT2D eigenvalue weighted by atomic mass is 9.86. The third kappa shape index (κ3) is 11.1. The number of carbonyl (C=O) groups excluding carboxylic acids is 3. The second-order valence-corrected chi connectivity index (χ2v) is 18.8. The highest BCUT2D eigenvalue weighted by molar-refractivity contribution is 6.05. The topological polar surface area (TPSA) is 372 Å². The predicted octanol–water partition coefficient (Wildman–Crippen LogP) is 9.19. The van der Waals surface area contributed by atoms with E-state index in [1.54, 1.807) is 39.8 Å². The summed E-state index contributed by atoms with van der Waals surface area (Å²) >= 11 is 0. The van der Waals surface area contributed by atoms with Crippen molar-refractivity contribution in [2.24, 2.45) is 17.8 Å². The molecule has 0 fully saturated rings. The summed E-state index contributed by atoms with van der Waals surface area (Å²) in [5, 5.41) is 124. The maximum absolute atomic E-state index is 12.5. The third-order valence-corrected chi connectivity index (χ3v) is 13.1. The Labute approximate surface area is 446 Å². The van der Waals surface area contributed by atoms with Gasteiger partial charge in [0.25, 0.3) is 0 Å². The number of hydrogen-bond acceptors (Lipinski definition) is 21. The Morgan fingerprint density at radius 2 is 0.734 bits per heavy atom. The lowest BCUT2D eigenvalue weighted by Crippen LogP contribution is -2.29. The highest BCUT2D eigenvalue weighted by Gasteiger charge is 2.40. The van der Waals surface area contributed by atoms with Crippen LogP contribution in [0.1, 0.15) is 92.4 Å². The van der Waals surface area contributed by atoms with E-state index < -0.39 is 36.1 Å². The number of ketones is 3. The van der Waals surface area contributed by atoms with Gasteiger partial charge >= 0.3 is 0 Å². The molecule has 21 heteroatoms. The second kappa shape index (κ2) is 21.7. The summed E-state index contributed by atoms with van der Waals surface area (Å²) in [6.07, 6.45) is -0.692. The van der Waals surface area contributed by atoms with Gasteiger partial charge in [-0.25, -0.2) is 0 Å². The van der Waals surface area contributed by atoms with Gasteiger partial charge < -0.3 is 85.0 Å². The zero-order valence-corrected chi connectivity index (χ0v) is 42.0. The number of aryl methyl sites for hydroxylation is 1. The SMILES string of the molecule is C[C@@H]1C(=O)c2c(O)cc(O)cc2O[C@@H]1c1cc(O)cc(O)c1.C[C@H]1C(=O)c2c(O)cc(O)cc2O[C@@H]1c1ccc(O)c(O)c1.C[C@H]1C(=O)c2c(O)cc(O)cc2O[C@@H]1c1ccc(O)cc1.Cc1coc2cc(O)cc(O)c2c1=O. The number of benzene rings is 7. The molecule has 0 spiro atoms. The van der Waals surface area contributed by atoms with Crippen LogP contribution in [0.15, 0.2) is 125 Å². The number of ether oxygens (including phenoxy) is 3. The largest absolute Gasteiger partial charge is 0.508 e. The van der Waals surface area contributed by atoms with Crippen LogP contribution in [-0.2, 0) is 0 Å². The molecule has 0 bridgehead atoms. The van der Waals surface area contributed by atoms with Crippen molar-refractivity contribution in [1.29, 1.82) is 0 Å². The van der Waals surface area contributed by atoms with E-state index in [4.69, 9.17) is 23.7 Å². The second-order valence-electron chi connectivity index (χ2n) is 18.8. The highest BCUT2D eigenvalue weighted by Crippen LogP contribution is 2.48. The van der Waals surface area contributed by atoms with Gasteiger partial charge in [-0.2, -0.15) is 0 Å². The van der Waals surface area contributed by atoms with Crippen molar-refractivity contribution in [3.63, 3.8) is 0 Å². The first-order chi connectivity index (χ1) is 37.3. The van der Waals surface area contributed by atoms with Crippen molar-refractivity contribution in [3.05, 3.63) is 165 Å². The Balaban J connectivity index is 0.000000140. The number of Topliss-reactive ketones (excluding diaryl/α,β-unsaturated/α-hetero) is 3. The molecule has 7 aromatic carbocycles. The molecule has 0 amide bonds. The zero-order valence-electron chi connectivity index (χ0n) is 42.0. The molecule has 79 heavy (non-hydrogen) atoms. The van der Waals surface area contributed by atoms with Crippen molar-refractivity contribution < 1.29 is 99.4 Å². The van der Waals surface area contributed by atoms with Gasteiger partial charge in [0, 0.05) is 65.7 Å². The number of phenolic OH excluding ortho intramolecular Hbond substituents is 13. The van der Waals surface area contributed by atoms with Crippen LogP contribution in [-0.4, -0.2) is 83.7 Å². The summed E-state index contributed by atoms with van der Waals surface area (Å²) in [4.78, 5) is 48.9. The molecule has 21 nitrogen and oxygen atoms in total. The molecule has 0 radical (unpaired) electrons. The number of rotatable bonds is 3. The molecule has 0 unspecified atom stereocenters. The molecule has 3 aliphatic rings. The fourth-order valence-electron chi connectivity index (χ4n) is 9.14. The number of phenols is 13. The van der Waals surface area contributed by atoms with E-state index in [2.05, 4.69) is 0 Å². The average molecular weight is 1080 g/mol. The monoisotopic (exact) mass is 1080 g/mol. The molecule has 3 aliphatic heterocycles. The van der Waals surface area contributed by atoms with E-state index >= 15 is 0 Å². The van der Waals surface area contributed by atoms with Gasteiger partial charge in [-0.1, -0.05) is 39.0 Å². The van der Waals surface area contributed by atoms with E-state index in [-0.39, 0.29) is 142 Å². The minimum absolute atomic E-state index is 0.0194. The molecule has 0 saturated carbocycles. The Bertz CT molecular complexity index is 3750. The normalized spacial score (nSPS) is 18.7. The Morgan fingerprint density at radius 1 is 0.354 bits per heavy atom. The first kappa shape index (κ1) is 54.8. The van der Waals surface area contributed by atoms with Crippen molar-refractivity contribution in [1.82, 2.24) is 0 Å². The highest BCUT2D eigenvalue weighted by atomic mass is 16.5. The summed E-state index contributed by atoms with van der Waals surface area (Å²) in [6.45, 7) is 6.59. The van der Waals surface area contributed by atoms with Crippen LogP contribution in [0.5, 0.6) is 92.0 Å². The quantitative estimate of drug-likeness (QED) is 0.0733. The van der Waals surface area contributed by atoms with Crippen LogP contribution < -0.4 is 19.6 Å². The van der Waals surface area contributed by atoms with Crippen molar-refractivity contribution in [2.75, 3.05) is 0 Å². The first-order valence-electron chi connectivity index (χ1n) is 23.9. The van der Waals surface area contributed by atoms with Gasteiger partial charge in [0.2, 0.25) is 0 Å². The van der Waals surface area contributed by atoms with Gasteiger partial charge in [0.05, 0.1) is 24.0 Å². The Hall–Kier alpha value is -10.4. The van der Waals surface area contributed by atoms with Crippen molar-refractivity contribution >= 4 is 28.3 Å². The molecule has 13 N–H and O–H groups in total. The van der Waals surface area contributed by atoms with Gasteiger partial charge in [-0.3, -0.25) is 19.2 Å². The predicted molar refractivity (Wildman–Crippen MR) is 278 cm³/mol. The molecule has 8 aromatic rings. The molecule has 11 rings (SSSR count). The lowest BCUT2D eigenvalue weighted by molar-refractivity contribution is 0.0674. The molecule has 0 aliphatic carbocycles. The fraction of sp³-hybridized carbons (Fsp3) is 0.172. The van der Waals surface area contributed by atoms with E-state index in [9.17, 15) is 80.5 Å². The molecule has 6 atom stereocenters. The third-order valence-electron chi connectivity index (χ3n) is 13.1. The van der Waals surface area contributed by atoms with Gasteiger partial charge in [-0.05, 0) is 54.4 Å². The van der Waals surface area contributed by atoms with E-state index in [1.807, 2.05) is 0 Å². The summed E-state index contributed by atoms with van der Waals surface area (Å²) in [7, 11) is 0. The van der Waals surface area contributed by atoms with Crippen LogP contribution >= 0.6 is 0 Å². The molecular weight excluding hydrogens is 1030 g/mol. The molecule has 0 saturated heterocycles. The van der Waals surface area contributed by atoms with Crippen LogP contribution in [0, 0.1) is 24.7 Å². The Kier molecular flexibility index (Phi) is 15.0. The van der Waals surface area contributed by atoms with Gasteiger partial charge in [-0.15, -0.1) is 0 Å². The maximum Gasteiger partial charge on any atom is 0.199 e. The zero-order chi connectivity index (χ0) is 57.5. The number of hydrogen-bond donors (Lipinski definition) is 13. The standard InChI is InChI=1S/2C16H14O6.C16H14O5.C10H8O4/c1-7-15(21)14-12(20)5-11(19)6-13(14)22-16(7)8-2-9(17)4-10(18)3-8;1-7-15(21)14-12(20)5-9(17)6-13(14)22-16(7)8-2-3-10(18)11(19)4-8;1-8-15(20)14-12(19)6-11(18)7-13(14)21-16(8)9-2-4-10(17)5-3-9;1-5-4-14-8-3-6(11)2-7(12)9(8)10(5)13/h2*2-7,16-20H,1H3;2-8,16-19H,1H3;2-4,11-12H,1H3/t7-,16+;7-,16-;8-,16-;/m100./s1. The summed E-state index contributed by atoms with van der Waals surface area (Å²) in [5.74, 6) is -5.06. The molecular formula is C58H50O21. The van der Waals surface area contributed by atoms with E-state index in [0.29, 0.717) is 16.7 Å². The molecule has 1 aromatic heterocycles. The van der Waals surface area contributed by atoms with Crippen molar-refractivity contribution in [2.45, 2.75) is 46.0 Å². The van der Waals surface area contributed by atoms with E-state index in [1.165, 1.54) is 79.1 Å². The maximum atomic E-state index is 12.5. The summed E-state index contributed by atoms with van der Waals surface area (Å²) < 4.78 is 22.3.